The minimum atomic E-state index is 0.00389. The van der Waals surface area contributed by atoms with Crippen molar-refractivity contribution < 1.29 is 4.79 Å². The van der Waals surface area contributed by atoms with Crippen molar-refractivity contribution in [2.75, 3.05) is 5.33 Å². The summed E-state index contributed by atoms with van der Waals surface area (Å²) in [4.78, 5) is 12.6. The molecule has 0 aromatic carbocycles. The normalized spacial score (nSPS) is 12.5. The van der Waals surface area contributed by atoms with Crippen molar-refractivity contribution in [1.29, 1.82) is 0 Å². The molecule has 1 aromatic heterocycles. The van der Waals surface area contributed by atoms with Gasteiger partial charge < -0.3 is 5.32 Å². The Kier molecular flexibility index (Phi) is 6.54. The number of nitrogens with one attached hydrogen (secondary N) is 1. The van der Waals surface area contributed by atoms with Crippen LogP contribution >= 0.6 is 59.1 Å². The molecule has 90 valence electrons. The highest BCUT2D eigenvalue weighted by atomic mass is 79.9. The van der Waals surface area contributed by atoms with E-state index in [1.165, 1.54) is 11.3 Å². The van der Waals surface area contributed by atoms with Gasteiger partial charge in [-0.05, 0) is 50.8 Å². The van der Waals surface area contributed by atoms with Crippen LogP contribution in [-0.4, -0.2) is 17.3 Å². The standard InChI is InChI=1S/C10H12Br3NOS/c1-2-6(3-4-11)14-10(15)8-5-7(12)9(13)16-8/h5-6H,2-4H2,1H3,(H,14,15). The predicted octanol–water partition coefficient (Wildman–Crippen LogP) is 4.57. The summed E-state index contributed by atoms with van der Waals surface area (Å²) in [5.41, 5.74) is 0. The van der Waals surface area contributed by atoms with E-state index in [-0.39, 0.29) is 11.9 Å². The summed E-state index contributed by atoms with van der Waals surface area (Å²) in [6, 6.07) is 2.08. The number of amides is 1. The molecule has 1 amide bonds. The molecule has 0 fully saturated rings. The van der Waals surface area contributed by atoms with Crippen LogP contribution in [0.5, 0.6) is 0 Å². The van der Waals surface area contributed by atoms with Gasteiger partial charge >= 0.3 is 0 Å². The lowest BCUT2D eigenvalue weighted by atomic mass is 10.2. The van der Waals surface area contributed by atoms with Crippen molar-refractivity contribution in [2.24, 2.45) is 0 Å². The number of alkyl halides is 1. The Morgan fingerprint density at radius 2 is 2.25 bits per heavy atom. The third-order valence-electron chi connectivity index (χ3n) is 2.15. The monoisotopic (exact) mass is 431 g/mol. The molecule has 2 nitrogen and oxygen atoms in total. The van der Waals surface area contributed by atoms with E-state index in [2.05, 4.69) is 60.0 Å². The van der Waals surface area contributed by atoms with Crippen LogP contribution in [0.3, 0.4) is 0 Å². The number of hydrogen-bond acceptors (Lipinski definition) is 2. The maximum Gasteiger partial charge on any atom is 0.261 e. The first-order valence-electron chi connectivity index (χ1n) is 4.90. The van der Waals surface area contributed by atoms with E-state index in [4.69, 9.17) is 0 Å². The van der Waals surface area contributed by atoms with E-state index in [1.54, 1.807) is 0 Å². The molecule has 0 aliphatic heterocycles. The summed E-state index contributed by atoms with van der Waals surface area (Å²) in [6.45, 7) is 2.08. The lowest BCUT2D eigenvalue weighted by molar-refractivity contribution is 0.0939. The number of hydrogen-bond donors (Lipinski definition) is 1. The predicted molar refractivity (Wildman–Crippen MR) is 79.7 cm³/mol. The third kappa shape index (κ3) is 4.13. The quantitative estimate of drug-likeness (QED) is 0.677. The molecular formula is C10H12Br3NOS. The first-order chi connectivity index (χ1) is 7.58. The van der Waals surface area contributed by atoms with Gasteiger partial charge in [0.05, 0.1) is 8.66 Å². The Balaban J connectivity index is 2.64. The van der Waals surface area contributed by atoms with E-state index in [0.717, 1.165) is 31.3 Å². The Hall–Kier alpha value is 0.610. The maximum absolute atomic E-state index is 11.9. The second-order valence-corrected chi connectivity index (χ2v) is 7.31. The molecule has 0 aliphatic rings. The molecule has 0 saturated carbocycles. The summed E-state index contributed by atoms with van der Waals surface area (Å²) in [6.07, 6.45) is 1.90. The van der Waals surface area contributed by atoms with Gasteiger partial charge in [-0.3, -0.25) is 4.79 Å². The molecule has 1 unspecified atom stereocenters. The van der Waals surface area contributed by atoms with Gasteiger partial charge in [-0.1, -0.05) is 22.9 Å². The smallest absolute Gasteiger partial charge is 0.261 e. The van der Waals surface area contributed by atoms with Crippen LogP contribution < -0.4 is 5.32 Å². The highest BCUT2D eigenvalue weighted by Crippen LogP contribution is 2.32. The molecule has 16 heavy (non-hydrogen) atoms. The van der Waals surface area contributed by atoms with Crippen LogP contribution in [-0.2, 0) is 0 Å². The number of halogens is 3. The molecule has 0 radical (unpaired) electrons. The lowest BCUT2D eigenvalue weighted by Gasteiger charge is -2.14. The Labute approximate surface area is 125 Å². The van der Waals surface area contributed by atoms with Gasteiger partial charge in [0.25, 0.3) is 5.91 Å². The van der Waals surface area contributed by atoms with Gasteiger partial charge in [0, 0.05) is 15.8 Å². The first-order valence-corrected chi connectivity index (χ1v) is 8.42. The fraction of sp³-hybridized carbons (Fsp3) is 0.500. The summed E-state index contributed by atoms with van der Waals surface area (Å²) in [5.74, 6) is 0.00389. The highest BCUT2D eigenvalue weighted by molar-refractivity contribution is 9.13. The van der Waals surface area contributed by atoms with Crippen LogP contribution in [0.1, 0.15) is 29.4 Å². The zero-order valence-electron chi connectivity index (χ0n) is 8.73. The van der Waals surface area contributed by atoms with Crippen LogP contribution in [0.4, 0.5) is 0 Å². The molecule has 6 heteroatoms. The summed E-state index contributed by atoms with van der Waals surface area (Å²) in [7, 11) is 0. The molecule has 1 atom stereocenters. The molecular weight excluding hydrogens is 422 g/mol. The van der Waals surface area contributed by atoms with Crippen molar-refractivity contribution in [1.82, 2.24) is 5.32 Å². The molecule has 0 aliphatic carbocycles. The zero-order chi connectivity index (χ0) is 12.1. The molecule has 1 rings (SSSR count). The fourth-order valence-electron chi connectivity index (χ4n) is 1.23. The number of carbonyl (C=O) groups is 1. The number of thiophene rings is 1. The summed E-state index contributed by atoms with van der Waals surface area (Å²) >= 11 is 11.6. The minimum Gasteiger partial charge on any atom is -0.349 e. The number of rotatable bonds is 5. The minimum absolute atomic E-state index is 0.00389. The van der Waals surface area contributed by atoms with Crippen molar-refractivity contribution in [3.05, 3.63) is 19.2 Å². The van der Waals surface area contributed by atoms with Gasteiger partial charge in [-0.25, -0.2) is 0 Å². The molecule has 1 N–H and O–H groups in total. The van der Waals surface area contributed by atoms with E-state index in [9.17, 15) is 4.79 Å². The SMILES string of the molecule is CCC(CCBr)NC(=O)c1cc(Br)c(Br)s1. The molecule has 1 aromatic rings. The van der Waals surface area contributed by atoms with Gasteiger partial charge in [0.1, 0.15) is 0 Å². The Bertz CT molecular complexity index is 347. The second-order valence-electron chi connectivity index (χ2n) is 3.29. The first kappa shape index (κ1) is 14.7. The van der Waals surface area contributed by atoms with Crippen molar-refractivity contribution >= 4 is 65.0 Å². The van der Waals surface area contributed by atoms with Crippen molar-refractivity contribution in [3.63, 3.8) is 0 Å². The van der Waals surface area contributed by atoms with Crippen LogP contribution in [0.2, 0.25) is 0 Å². The fourth-order valence-corrected chi connectivity index (χ4v) is 3.72. The maximum atomic E-state index is 11.9. The zero-order valence-corrected chi connectivity index (χ0v) is 14.3. The van der Waals surface area contributed by atoms with Gasteiger partial charge in [0.2, 0.25) is 0 Å². The molecule has 0 saturated heterocycles. The molecule has 0 bridgehead atoms. The van der Waals surface area contributed by atoms with Crippen molar-refractivity contribution in [2.45, 2.75) is 25.8 Å². The van der Waals surface area contributed by atoms with Crippen LogP contribution in [0, 0.1) is 0 Å². The largest absolute Gasteiger partial charge is 0.349 e. The average Bonchev–Trinajstić information content (AvgIpc) is 2.58. The van der Waals surface area contributed by atoms with Gasteiger partial charge in [0.15, 0.2) is 0 Å². The van der Waals surface area contributed by atoms with E-state index >= 15 is 0 Å². The second kappa shape index (κ2) is 7.13. The summed E-state index contributed by atoms with van der Waals surface area (Å²) < 4.78 is 1.88. The Morgan fingerprint density at radius 3 is 2.69 bits per heavy atom. The van der Waals surface area contributed by atoms with E-state index in [0.29, 0.717) is 0 Å². The highest BCUT2D eigenvalue weighted by Gasteiger charge is 2.15. The van der Waals surface area contributed by atoms with E-state index in [1.807, 2.05) is 6.07 Å². The molecule has 1 heterocycles. The summed E-state index contributed by atoms with van der Waals surface area (Å²) in [5, 5.41) is 3.93. The molecule has 0 spiro atoms. The lowest BCUT2D eigenvalue weighted by Crippen LogP contribution is -2.34. The van der Waals surface area contributed by atoms with Crippen LogP contribution in [0.25, 0.3) is 0 Å². The topological polar surface area (TPSA) is 29.1 Å². The van der Waals surface area contributed by atoms with Gasteiger partial charge in [-0.15, -0.1) is 11.3 Å². The van der Waals surface area contributed by atoms with Crippen LogP contribution in [0.15, 0.2) is 14.3 Å². The third-order valence-corrected chi connectivity index (χ3v) is 5.87. The van der Waals surface area contributed by atoms with E-state index < -0.39 is 0 Å². The average molecular weight is 434 g/mol. The number of carbonyl (C=O) groups excluding carboxylic acids is 1. The van der Waals surface area contributed by atoms with Crippen molar-refractivity contribution in [3.8, 4) is 0 Å². The van der Waals surface area contributed by atoms with Gasteiger partial charge in [-0.2, -0.15) is 0 Å². The Morgan fingerprint density at radius 1 is 1.56 bits per heavy atom.